The van der Waals surface area contributed by atoms with Crippen molar-refractivity contribution < 1.29 is 17.9 Å². The number of aromatic nitrogens is 1. The zero-order valence-corrected chi connectivity index (χ0v) is 15.9. The van der Waals surface area contributed by atoms with Gasteiger partial charge < -0.3 is 14.0 Å². The number of methoxy groups -OCH3 is 2. The maximum atomic E-state index is 12.6. The van der Waals surface area contributed by atoms with E-state index in [1.165, 1.54) is 11.3 Å². The molecule has 3 aromatic rings. The average molecular weight is 378 g/mol. The Balaban J connectivity index is 2.19. The van der Waals surface area contributed by atoms with Gasteiger partial charge in [-0.15, -0.1) is 4.40 Å². The molecule has 0 spiro atoms. The van der Waals surface area contributed by atoms with Crippen molar-refractivity contribution in [1.82, 2.24) is 4.57 Å². The molecule has 0 fully saturated rings. The fraction of sp³-hybridized carbons (Fsp3) is 0.235. The average Bonchev–Trinajstić information content (AvgIpc) is 2.88. The summed E-state index contributed by atoms with van der Waals surface area (Å²) in [5, 5.41) is 0. The minimum absolute atomic E-state index is 0.172. The van der Waals surface area contributed by atoms with Crippen LogP contribution in [-0.4, -0.2) is 27.2 Å². The van der Waals surface area contributed by atoms with Crippen molar-refractivity contribution in [3.63, 3.8) is 0 Å². The van der Waals surface area contributed by atoms with Crippen LogP contribution in [0.1, 0.15) is 5.56 Å². The molecule has 8 heteroatoms. The third-order valence-electron chi connectivity index (χ3n) is 3.83. The minimum atomic E-state index is -3.78. The Bertz CT molecular complexity index is 1090. The Morgan fingerprint density at radius 2 is 1.64 bits per heavy atom. The van der Waals surface area contributed by atoms with Crippen LogP contribution in [0.15, 0.2) is 45.7 Å². The molecule has 132 valence electrons. The summed E-state index contributed by atoms with van der Waals surface area (Å²) in [5.41, 5.74) is 1.81. The third-order valence-corrected chi connectivity index (χ3v) is 6.32. The van der Waals surface area contributed by atoms with Crippen molar-refractivity contribution in [2.45, 2.75) is 11.8 Å². The van der Waals surface area contributed by atoms with Crippen molar-refractivity contribution in [2.24, 2.45) is 11.4 Å². The third kappa shape index (κ3) is 3.27. The van der Waals surface area contributed by atoms with E-state index in [9.17, 15) is 8.42 Å². The number of hydrogen-bond acceptors (Lipinski definition) is 5. The number of nitrogens with zero attached hydrogens (tertiary/aromatic N) is 2. The van der Waals surface area contributed by atoms with Crippen LogP contribution in [0.25, 0.3) is 10.2 Å². The maximum Gasteiger partial charge on any atom is 0.285 e. The molecular formula is C17H18N2O4S2. The quantitative estimate of drug-likeness (QED) is 0.700. The molecule has 0 aliphatic heterocycles. The Morgan fingerprint density at radius 3 is 2.24 bits per heavy atom. The zero-order valence-electron chi connectivity index (χ0n) is 14.3. The van der Waals surface area contributed by atoms with Gasteiger partial charge in [-0.1, -0.05) is 29.0 Å². The van der Waals surface area contributed by atoms with E-state index in [0.29, 0.717) is 16.3 Å². The van der Waals surface area contributed by atoms with Gasteiger partial charge in [0.2, 0.25) is 4.80 Å². The summed E-state index contributed by atoms with van der Waals surface area (Å²) in [5.74, 6) is 1.17. The Morgan fingerprint density at radius 1 is 1.04 bits per heavy atom. The monoisotopic (exact) mass is 378 g/mol. The van der Waals surface area contributed by atoms with Crippen molar-refractivity contribution >= 4 is 31.6 Å². The number of rotatable bonds is 4. The van der Waals surface area contributed by atoms with E-state index in [1.807, 2.05) is 19.1 Å². The van der Waals surface area contributed by atoms with Gasteiger partial charge in [0.25, 0.3) is 10.0 Å². The second-order valence-corrected chi connectivity index (χ2v) is 8.11. The normalized spacial score (nSPS) is 12.6. The van der Waals surface area contributed by atoms with Crippen LogP contribution in [0.2, 0.25) is 0 Å². The van der Waals surface area contributed by atoms with E-state index in [4.69, 9.17) is 9.47 Å². The number of sulfonamides is 1. The molecule has 0 saturated heterocycles. The first-order valence-electron chi connectivity index (χ1n) is 7.45. The van der Waals surface area contributed by atoms with Gasteiger partial charge in [-0.25, -0.2) is 0 Å². The number of thiazole rings is 1. The van der Waals surface area contributed by atoms with Gasteiger partial charge in [-0.05, 0) is 19.1 Å². The highest BCUT2D eigenvalue weighted by atomic mass is 32.2. The van der Waals surface area contributed by atoms with Gasteiger partial charge in [0, 0.05) is 19.2 Å². The number of ether oxygens (including phenoxy) is 2. The minimum Gasteiger partial charge on any atom is -0.493 e. The van der Waals surface area contributed by atoms with E-state index in [2.05, 4.69) is 4.40 Å². The van der Waals surface area contributed by atoms with E-state index in [1.54, 1.807) is 50.1 Å². The van der Waals surface area contributed by atoms with Crippen LogP contribution >= 0.6 is 11.3 Å². The van der Waals surface area contributed by atoms with E-state index < -0.39 is 10.0 Å². The summed E-state index contributed by atoms with van der Waals surface area (Å²) in [6.45, 7) is 1.90. The van der Waals surface area contributed by atoms with Crippen molar-refractivity contribution in [2.75, 3.05) is 14.2 Å². The number of hydrogen-bond donors (Lipinski definition) is 0. The van der Waals surface area contributed by atoms with Crippen LogP contribution in [0.4, 0.5) is 0 Å². The van der Waals surface area contributed by atoms with E-state index >= 15 is 0 Å². The van der Waals surface area contributed by atoms with Gasteiger partial charge in [0.05, 0.1) is 29.3 Å². The van der Waals surface area contributed by atoms with Crippen LogP contribution in [0.3, 0.4) is 0 Å². The van der Waals surface area contributed by atoms with Gasteiger partial charge in [-0.3, -0.25) is 0 Å². The van der Waals surface area contributed by atoms with Gasteiger partial charge in [-0.2, -0.15) is 8.42 Å². The zero-order chi connectivity index (χ0) is 18.2. The summed E-state index contributed by atoms with van der Waals surface area (Å²) in [6, 6.07) is 10.3. The molecule has 3 rings (SSSR count). The molecule has 0 atom stereocenters. The second-order valence-electron chi connectivity index (χ2n) is 5.50. The molecule has 0 N–H and O–H groups in total. The van der Waals surface area contributed by atoms with Crippen LogP contribution in [0, 0.1) is 6.92 Å². The lowest BCUT2D eigenvalue weighted by Crippen LogP contribution is -2.13. The fourth-order valence-electron chi connectivity index (χ4n) is 2.41. The molecule has 6 nitrogen and oxygen atoms in total. The smallest absolute Gasteiger partial charge is 0.285 e. The number of fused-ring (bicyclic) bond motifs is 1. The lowest BCUT2D eigenvalue weighted by Gasteiger charge is -2.07. The number of aryl methyl sites for hydroxylation is 2. The van der Waals surface area contributed by atoms with E-state index in [0.717, 1.165) is 15.8 Å². The summed E-state index contributed by atoms with van der Waals surface area (Å²) >= 11 is 1.28. The van der Waals surface area contributed by atoms with Gasteiger partial charge in [0.1, 0.15) is 0 Å². The maximum absolute atomic E-state index is 12.6. The van der Waals surface area contributed by atoms with Crippen molar-refractivity contribution in [3.8, 4) is 11.5 Å². The molecule has 2 aromatic carbocycles. The van der Waals surface area contributed by atoms with E-state index in [-0.39, 0.29) is 4.90 Å². The van der Waals surface area contributed by atoms with Gasteiger partial charge >= 0.3 is 0 Å². The second kappa shape index (κ2) is 6.53. The van der Waals surface area contributed by atoms with Crippen molar-refractivity contribution in [1.29, 1.82) is 0 Å². The molecule has 0 radical (unpaired) electrons. The lowest BCUT2D eigenvalue weighted by atomic mass is 10.2. The SMILES string of the molecule is COc1cc2s/c(=N\S(=O)(=O)c3ccc(C)cc3)n(C)c2cc1OC. The van der Waals surface area contributed by atoms with Crippen LogP contribution in [0.5, 0.6) is 11.5 Å². The summed E-state index contributed by atoms with van der Waals surface area (Å²) in [4.78, 5) is 0.552. The first-order chi connectivity index (χ1) is 11.9. The fourth-order valence-corrected chi connectivity index (χ4v) is 4.66. The molecule has 0 bridgehead atoms. The first kappa shape index (κ1) is 17.5. The molecule has 1 heterocycles. The topological polar surface area (TPSA) is 69.9 Å². The molecular weight excluding hydrogens is 360 g/mol. The van der Waals surface area contributed by atoms with Crippen molar-refractivity contribution in [3.05, 3.63) is 46.8 Å². The Labute approximate surface area is 150 Å². The first-order valence-corrected chi connectivity index (χ1v) is 9.70. The molecule has 0 saturated carbocycles. The summed E-state index contributed by atoms with van der Waals surface area (Å²) in [6.07, 6.45) is 0. The highest BCUT2D eigenvalue weighted by molar-refractivity contribution is 7.90. The number of benzene rings is 2. The Kier molecular flexibility index (Phi) is 4.57. The van der Waals surface area contributed by atoms with Crippen LogP contribution in [-0.2, 0) is 17.1 Å². The standard InChI is InChI=1S/C17H18N2O4S2/c1-11-5-7-12(8-6-11)25(20,21)18-17-19(2)13-9-14(22-3)15(23-4)10-16(13)24-17/h5-10H,1-4H3/b18-17-. The molecule has 0 unspecified atom stereocenters. The summed E-state index contributed by atoms with van der Waals surface area (Å²) < 4.78 is 42.3. The molecule has 0 aliphatic rings. The lowest BCUT2D eigenvalue weighted by molar-refractivity contribution is 0.356. The predicted molar refractivity (Wildman–Crippen MR) is 97.8 cm³/mol. The van der Waals surface area contributed by atoms with Gasteiger partial charge in [0.15, 0.2) is 11.5 Å². The highest BCUT2D eigenvalue weighted by Crippen LogP contribution is 2.33. The largest absolute Gasteiger partial charge is 0.493 e. The molecule has 25 heavy (non-hydrogen) atoms. The summed E-state index contributed by atoms with van der Waals surface area (Å²) in [7, 11) is 1.11. The molecule has 0 amide bonds. The Hall–Kier alpha value is -2.32. The molecule has 1 aromatic heterocycles. The predicted octanol–water partition coefficient (Wildman–Crippen LogP) is 2.86. The van der Waals surface area contributed by atoms with Crippen LogP contribution < -0.4 is 14.3 Å². The molecule has 0 aliphatic carbocycles. The highest BCUT2D eigenvalue weighted by Gasteiger charge is 2.15.